The molecule has 1 aromatic heterocycles. The molecular formula is C18H25N3O4. The van der Waals surface area contributed by atoms with Gasteiger partial charge < -0.3 is 14.6 Å². The molecule has 3 heterocycles. The van der Waals surface area contributed by atoms with Gasteiger partial charge in [-0.05, 0) is 39.5 Å². The fraction of sp³-hybridized carbons (Fsp3) is 0.722. The second kappa shape index (κ2) is 6.21. The summed E-state index contributed by atoms with van der Waals surface area (Å²) >= 11 is 0. The van der Waals surface area contributed by atoms with Crippen molar-refractivity contribution in [3.05, 3.63) is 23.5 Å². The number of nitrogens with zero attached hydrogens (tertiary/aromatic N) is 3. The molecule has 0 saturated carbocycles. The standard InChI is InChI=1S/C18H25N3O4/c1-11-4-3-7-18(2)16(25-18)15-13(6-5-11)14(17(23)24-15)9-21-8-12(10-22)19-20-21/h4,8,13-16,22H,3,5-7,9-10H2,1-2H3/t13-,14-,15-,16+,18+/m0/s1. The Labute approximate surface area is 147 Å². The number of epoxide rings is 1. The van der Waals surface area contributed by atoms with E-state index >= 15 is 0 Å². The number of carbonyl (C=O) groups is 1. The fourth-order valence-corrected chi connectivity index (χ4v) is 4.25. The first-order chi connectivity index (χ1) is 12.0. The van der Waals surface area contributed by atoms with Gasteiger partial charge in [-0.15, -0.1) is 5.10 Å². The zero-order valence-corrected chi connectivity index (χ0v) is 14.7. The highest BCUT2D eigenvalue weighted by Crippen LogP contribution is 2.50. The van der Waals surface area contributed by atoms with E-state index in [1.807, 2.05) is 0 Å². The minimum atomic E-state index is -0.251. The Hall–Kier alpha value is -1.73. The van der Waals surface area contributed by atoms with Gasteiger partial charge in [-0.25, -0.2) is 0 Å². The predicted octanol–water partition coefficient (Wildman–Crippen LogP) is 1.61. The van der Waals surface area contributed by atoms with Crippen LogP contribution in [0, 0.1) is 11.8 Å². The maximum atomic E-state index is 12.6. The molecule has 1 aliphatic carbocycles. The van der Waals surface area contributed by atoms with Crippen LogP contribution >= 0.6 is 0 Å². The molecule has 0 amide bonds. The molecule has 7 nitrogen and oxygen atoms in total. The molecule has 1 N–H and O–H groups in total. The molecule has 2 fully saturated rings. The first-order valence-electron chi connectivity index (χ1n) is 9.04. The number of aliphatic hydroxyl groups is 1. The lowest BCUT2D eigenvalue weighted by atomic mass is 9.80. The Morgan fingerprint density at radius 2 is 2.32 bits per heavy atom. The summed E-state index contributed by atoms with van der Waals surface area (Å²) < 4.78 is 13.4. The topological polar surface area (TPSA) is 89.8 Å². The molecule has 3 aliphatic rings. The van der Waals surface area contributed by atoms with E-state index in [0.717, 1.165) is 25.7 Å². The Kier molecular flexibility index (Phi) is 4.16. The van der Waals surface area contributed by atoms with E-state index < -0.39 is 0 Å². The molecule has 0 spiro atoms. The maximum Gasteiger partial charge on any atom is 0.311 e. The molecule has 4 rings (SSSR count). The summed E-state index contributed by atoms with van der Waals surface area (Å²) in [6, 6.07) is 0. The second-order valence-corrected chi connectivity index (χ2v) is 7.74. The van der Waals surface area contributed by atoms with Crippen molar-refractivity contribution < 1.29 is 19.4 Å². The highest BCUT2D eigenvalue weighted by Gasteiger charge is 2.62. The van der Waals surface area contributed by atoms with Crippen LogP contribution in [0.2, 0.25) is 0 Å². The van der Waals surface area contributed by atoms with Crippen LogP contribution in [0.1, 0.15) is 45.2 Å². The summed E-state index contributed by atoms with van der Waals surface area (Å²) in [5.74, 6) is -0.309. The SMILES string of the molecule is CC1=CCC[C@@]2(C)O[C@@H]2[C@H]2OC(=O)[C@@H](Cn3cc(CO)nn3)[C@@H]2CC1. The van der Waals surface area contributed by atoms with Gasteiger partial charge in [-0.1, -0.05) is 16.9 Å². The van der Waals surface area contributed by atoms with Gasteiger partial charge >= 0.3 is 5.97 Å². The lowest BCUT2D eigenvalue weighted by Crippen LogP contribution is -2.31. The Morgan fingerprint density at radius 3 is 3.08 bits per heavy atom. The predicted molar refractivity (Wildman–Crippen MR) is 88.3 cm³/mol. The van der Waals surface area contributed by atoms with Crippen LogP contribution in [0.15, 0.2) is 17.8 Å². The van der Waals surface area contributed by atoms with E-state index in [9.17, 15) is 4.79 Å². The van der Waals surface area contributed by atoms with E-state index in [2.05, 4.69) is 30.2 Å². The number of rotatable bonds is 3. The molecule has 25 heavy (non-hydrogen) atoms. The minimum absolute atomic E-state index is 0.00186. The van der Waals surface area contributed by atoms with E-state index in [-0.39, 0.29) is 42.2 Å². The summed E-state index contributed by atoms with van der Waals surface area (Å²) in [6.07, 6.45) is 7.65. The van der Waals surface area contributed by atoms with Crippen LogP contribution in [-0.4, -0.2) is 43.9 Å². The van der Waals surface area contributed by atoms with E-state index in [1.165, 1.54) is 5.57 Å². The van der Waals surface area contributed by atoms with Gasteiger partial charge in [0.2, 0.25) is 0 Å². The van der Waals surface area contributed by atoms with Crippen LogP contribution < -0.4 is 0 Å². The molecule has 2 saturated heterocycles. The van der Waals surface area contributed by atoms with Crippen molar-refractivity contribution in [3.8, 4) is 0 Å². The molecule has 0 radical (unpaired) electrons. The van der Waals surface area contributed by atoms with E-state index in [4.69, 9.17) is 14.6 Å². The van der Waals surface area contributed by atoms with Crippen molar-refractivity contribution in [2.24, 2.45) is 11.8 Å². The van der Waals surface area contributed by atoms with Crippen molar-refractivity contribution in [1.82, 2.24) is 15.0 Å². The molecule has 0 unspecified atom stereocenters. The van der Waals surface area contributed by atoms with Crippen LogP contribution in [0.5, 0.6) is 0 Å². The molecule has 2 aliphatic heterocycles. The van der Waals surface area contributed by atoms with Gasteiger partial charge in [-0.2, -0.15) is 0 Å². The molecular weight excluding hydrogens is 322 g/mol. The summed E-state index contributed by atoms with van der Waals surface area (Å²) in [6.45, 7) is 4.55. The number of esters is 1. The van der Waals surface area contributed by atoms with Crippen LogP contribution in [0.3, 0.4) is 0 Å². The molecule has 136 valence electrons. The molecule has 7 heteroatoms. The van der Waals surface area contributed by atoms with Crippen LogP contribution in [0.4, 0.5) is 0 Å². The monoisotopic (exact) mass is 347 g/mol. The zero-order valence-electron chi connectivity index (χ0n) is 14.7. The molecule has 5 atom stereocenters. The number of carbonyl (C=O) groups excluding carboxylic acids is 1. The maximum absolute atomic E-state index is 12.6. The molecule has 0 aromatic carbocycles. The third-order valence-corrected chi connectivity index (χ3v) is 5.87. The number of hydrogen-bond donors (Lipinski definition) is 1. The van der Waals surface area contributed by atoms with E-state index in [1.54, 1.807) is 10.9 Å². The highest BCUT2D eigenvalue weighted by atomic mass is 16.6. The average molecular weight is 347 g/mol. The fourth-order valence-electron chi connectivity index (χ4n) is 4.25. The van der Waals surface area contributed by atoms with Crippen LogP contribution in [-0.2, 0) is 27.4 Å². The number of allylic oxidation sites excluding steroid dienone is 2. The molecule has 0 bridgehead atoms. The van der Waals surface area contributed by atoms with Crippen molar-refractivity contribution in [3.63, 3.8) is 0 Å². The van der Waals surface area contributed by atoms with Crippen molar-refractivity contribution in [1.29, 1.82) is 0 Å². The van der Waals surface area contributed by atoms with Gasteiger partial charge in [0.25, 0.3) is 0 Å². The summed E-state index contributed by atoms with van der Waals surface area (Å²) in [4.78, 5) is 12.6. The number of aliphatic hydroxyl groups excluding tert-OH is 1. The Balaban J connectivity index is 1.57. The zero-order chi connectivity index (χ0) is 17.6. The van der Waals surface area contributed by atoms with Gasteiger partial charge in [0.1, 0.15) is 17.9 Å². The normalized spacial score (nSPS) is 37.7. The lowest BCUT2D eigenvalue weighted by Gasteiger charge is -2.22. The lowest BCUT2D eigenvalue weighted by molar-refractivity contribution is -0.145. The Morgan fingerprint density at radius 1 is 1.48 bits per heavy atom. The largest absolute Gasteiger partial charge is 0.459 e. The smallest absolute Gasteiger partial charge is 0.311 e. The highest BCUT2D eigenvalue weighted by molar-refractivity contribution is 5.75. The number of fused-ring (bicyclic) bond motifs is 3. The molecule has 1 aromatic rings. The average Bonchev–Trinajstić information content (AvgIpc) is 2.92. The number of ether oxygens (including phenoxy) is 2. The minimum Gasteiger partial charge on any atom is -0.459 e. The van der Waals surface area contributed by atoms with Crippen molar-refractivity contribution in [2.75, 3.05) is 0 Å². The summed E-state index contributed by atoms with van der Waals surface area (Å²) in [5.41, 5.74) is 1.69. The van der Waals surface area contributed by atoms with Gasteiger partial charge in [0.05, 0.1) is 30.9 Å². The number of aromatic nitrogens is 3. The number of hydrogen-bond acceptors (Lipinski definition) is 6. The van der Waals surface area contributed by atoms with Gasteiger partial charge in [0, 0.05) is 5.92 Å². The first kappa shape index (κ1) is 16.7. The third kappa shape index (κ3) is 3.11. The van der Waals surface area contributed by atoms with Gasteiger partial charge in [0.15, 0.2) is 0 Å². The third-order valence-electron chi connectivity index (χ3n) is 5.87. The van der Waals surface area contributed by atoms with Crippen molar-refractivity contribution in [2.45, 2.75) is 70.5 Å². The summed E-state index contributed by atoms with van der Waals surface area (Å²) in [5, 5.41) is 17.0. The first-order valence-corrected chi connectivity index (χ1v) is 9.04. The summed E-state index contributed by atoms with van der Waals surface area (Å²) in [7, 11) is 0. The quantitative estimate of drug-likeness (QED) is 0.507. The van der Waals surface area contributed by atoms with Gasteiger partial charge in [-0.3, -0.25) is 9.48 Å². The van der Waals surface area contributed by atoms with Crippen LogP contribution in [0.25, 0.3) is 0 Å². The second-order valence-electron chi connectivity index (χ2n) is 7.74. The van der Waals surface area contributed by atoms with E-state index in [0.29, 0.717) is 12.2 Å². The Bertz CT molecular complexity index is 700. The van der Waals surface area contributed by atoms with Crippen molar-refractivity contribution >= 4 is 5.97 Å².